The van der Waals surface area contributed by atoms with Crippen molar-refractivity contribution in [2.75, 3.05) is 19.8 Å². The van der Waals surface area contributed by atoms with Gasteiger partial charge >= 0.3 is 0 Å². The molecule has 0 amide bonds. The molecule has 0 fully saturated rings. The maximum atomic E-state index is 11.4. The Labute approximate surface area is 230 Å². The summed E-state index contributed by atoms with van der Waals surface area (Å²) in [6.07, 6.45) is 4.10. The van der Waals surface area contributed by atoms with E-state index in [4.69, 9.17) is 60.6 Å². The van der Waals surface area contributed by atoms with Crippen LogP contribution in [0.4, 0.5) is 0 Å². The molecule has 36 heavy (non-hydrogen) atoms. The first-order valence-corrected chi connectivity index (χ1v) is 12.8. The zero-order valence-electron chi connectivity index (χ0n) is 19.3. The first-order chi connectivity index (χ1) is 17.5. The molecule has 190 valence electrons. The minimum Gasteiger partial charge on any atom is -0.494 e. The van der Waals surface area contributed by atoms with E-state index in [0.29, 0.717) is 34.8 Å². The second-order valence-corrected chi connectivity index (χ2v) is 9.59. The molecule has 0 N–H and O–H groups in total. The van der Waals surface area contributed by atoms with Crippen molar-refractivity contribution in [2.24, 2.45) is 5.18 Å². The van der Waals surface area contributed by atoms with E-state index >= 15 is 0 Å². The Morgan fingerprint density at radius 3 is 2.00 bits per heavy atom. The Balaban J connectivity index is 1.36. The molecule has 0 spiro atoms. The number of unbranched alkanes of at least 4 members (excludes halogenated alkanes) is 2. The van der Waals surface area contributed by atoms with Gasteiger partial charge in [0.1, 0.15) is 28.6 Å². The smallest absolute Gasteiger partial charge is 0.156 e. The van der Waals surface area contributed by atoms with Gasteiger partial charge in [0.25, 0.3) is 0 Å². The van der Waals surface area contributed by atoms with Crippen molar-refractivity contribution < 1.29 is 14.2 Å². The lowest BCUT2D eigenvalue weighted by atomic mass is 10.00. The second kappa shape index (κ2) is 15.0. The van der Waals surface area contributed by atoms with E-state index in [9.17, 15) is 4.91 Å². The fourth-order valence-corrected chi connectivity index (χ4v) is 4.10. The highest BCUT2D eigenvalue weighted by Crippen LogP contribution is 2.37. The number of benzene rings is 3. The molecule has 0 aliphatic carbocycles. The van der Waals surface area contributed by atoms with Crippen LogP contribution in [-0.2, 0) is 0 Å². The summed E-state index contributed by atoms with van der Waals surface area (Å²) in [5, 5.41) is 4.01. The van der Waals surface area contributed by atoms with Crippen LogP contribution in [0.15, 0.2) is 82.5 Å². The van der Waals surface area contributed by atoms with Gasteiger partial charge in [0.2, 0.25) is 0 Å². The summed E-state index contributed by atoms with van der Waals surface area (Å²) in [6.45, 7) is 1.24. The van der Waals surface area contributed by atoms with Crippen molar-refractivity contribution in [1.82, 2.24) is 0 Å². The van der Waals surface area contributed by atoms with Crippen LogP contribution in [0.3, 0.4) is 0 Å². The zero-order valence-corrected chi connectivity index (χ0v) is 22.4. The number of hydrogen-bond donors (Lipinski definition) is 0. The lowest BCUT2D eigenvalue weighted by Gasteiger charge is -2.13. The molecule has 0 aromatic heterocycles. The fraction of sp³-hybridized carbons (Fsp3) is 0.259. The maximum absolute atomic E-state index is 11.4. The highest BCUT2D eigenvalue weighted by Gasteiger charge is 2.14. The molecular weight excluding hydrogens is 544 g/mol. The topological polar surface area (TPSA) is 57.1 Å². The molecule has 0 aliphatic heterocycles. The van der Waals surface area contributed by atoms with E-state index in [-0.39, 0.29) is 11.1 Å². The van der Waals surface area contributed by atoms with Gasteiger partial charge in [0, 0.05) is 12.1 Å². The monoisotopic (exact) mass is 567 g/mol. The molecule has 9 heteroatoms. The van der Waals surface area contributed by atoms with Gasteiger partial charge in [-0.15, -0.1) is 4.91 Å². The average molecular weight is 569 g/mol. The van der Waals surface area contributed by atoms with E-state index in [1.54, 1.807) is 12.1 Å². The van der Waals surface area contributed by atoms with E-state index in [0.717, 1.165) is 36.1 Å². The van der Waals surface area contributed by atoms with Gasteiger partial charge in [-0.25, -0.2) is 0 Å². The maximum Gasteiger partial charge on any atom is 0.156 e. The van der Waals surface area contributed by atoms with Crippen molar-refractivity contribution >= 4 is 46.4 Å². The van der Waals surface area contributed by atoms with E-state index in [2.05, 4.69) is 5.18 Å². The zero-order chi connectivity index (χ0) is 25.8. The first-order valence-electron chi connectivity index (χ1n) is 11.3. The summed E-state index contributed by atoms with van der Waals surface area (Å²) in [6, 6.07) is 19.7. The molecule has 3 aromatic carbocycles. The minimum atomic E-state index is -0.530. The highest BCUT2D eigenvalue weighted by molar-refractivity contribution is 6.55. The van der Waals surface area contributed by atoms with Crippen LogP contribution in [0.2, 0.25) is 10.0 Å². The van der Waals surface area contributed by atoms with Gasteiger partial charge in [-0.1, -0.05) is 94.0 Å². The Bertz CT molecular complexity index is 1110. The summed E-state index contributed by atoms with van der Waals surface area (Å²) >= 11 is 23.7. The predicted octanol–water partition coefficient (Wildman–Crippen LogP) is 9.18. The van der Waals surface area contributed by atoms with Crippen molar-refractivity contribution in [1.29, 1.82) is 0 Å². The van der Waals surface area contributed by atoms with Crippen molar-refractivity contribution in [3.05, 3.63) is 103 Å². The third-order valence-electron chi connectivity index (χ3n) is 5.18. The van der Waals surface area contributed by atoms with Crippen LogP contribution < -0.4 is 14.2 Å². The van der Waals surface area contributed by atoms with E-state index in [1.165, 1.54) is 6.08 Å². The Morgan fingerprint density at radius 2 is 1.39 bits per heavy atom. The predicted molar refractivity (Wildman–Crippen MR) is 147 cm³/mol. The third-order valence-corrected chi connectivity index (χ3v) is 6.05. The van der Waals surface area contributed by atoms with Gasteiger partial charge in [-0.2, -0.15) is 0 Å². The highest BCUT2D eigenvalue weighted by atomic mass is 35.5. The van der Waals surface area contributed by atoms with Crippen molar-refractivity contribution in [3.8, 4) is 17.2 Å². The van der Waals surface area contributed by atoms with Crippen LogP contribution in [-0.4, -0.2) is 19.8 Å². The molecule has 3 aromatic rings. The van der Waals surface area contributed by atoms with Crippen LogP contribution in [0, 0.1) is 4.91 Å². The van der Waals surface area contributed by atoms with Crippen LogP contribution in [0.25, 0.3) is 0 Å². The van der Waals surface area contributed by atoms with Gasteiger partial charge < -0.3 is 14.2 Å². The number of nitroso groups, excluding NO2 is 1. The SMILES string of the molecule is O=NC(c1ccccc1)c1ccc(OCCCCCOc2c(Cl)cc(OCC=C(Cl)Cl)cc2Cl)cc1. The van der Waals surface area contributed by atoms with Gasteiger partial charge in [-0.05, 0) is 48.6 Å². The Kier molecular flexibility index (Phi) is 11.7. The quantitative estimate of drug-likeness (QED) is 0.144. The summed E-state index contributed by atoms with van der Waals surface area (Å²) in [7, 11) is 0. The standard InChI is InChI=1S/C27H25Cl4NO4/c28-23-17-22(35-16-13-25(30)31)18-24(29)27(23)36-15-6-2-5-14-34-21-11-9-20(10-12-21)26(32-33)19-7-3-1-4-8-19/h1,3-4,7-13,17-18,26H,2,5-6,14-16H2. The van der Waals surface area contributed by atoms with Gasteiger partial charge in [0.05, 0.1) is 23.3 Å². The Hall–Kier alpha value is -2.44. The normalized spacial score (nSPS) is 11.4. The number of ether oxygens (including phenoxy) is 3. The molecular formula is C27H25Cl4NO4. The lowest BCUT2D eigenvalue weighted by Crippen LogP contribution is -2.02. The molecule has 0 bridgehead atoms. The largest absolute Gasteiger partial charge is 0.494 e. The van der Waals surface area contributed by atoms with Crippen molar-refractivity contribution in [2.45, 2.75) is 25.3 Å². The molecule has 0 saturated heterocycles. The molecule has 3 rings (SSSR count). The summed E-state index contributed by atoms with van der Waals surface area (Å²) < 4.78 is 17.2. The summed E-state index contributed by atoms with van der Waals surface area (Å²) in [5.74, 6) is 1.66. The second-order valence-electron chi connectivity index (χ2n) is 7.77. The molecule has 5 nitrogen and oxygen atoms in total. The minimum absolute atomic E-state index is 0.125. The van der Waals surface area contributed by atoms with E-state index < -0.39 is 6.04 Å². The van der Waals surface area contributed by atoms with Crippen LogP contribution >= 0.6 is 46.4 Å². The van der Waals surface area contributed by atoms with Gasteiger partial charge in [0.15, 0.2) is 5.75 Å². The first kappa shape index (κ1) is 28.1. The molecule has 0 radical (unpaired) electrons. The molecule has 1 unspecified atom stereocenters. The van der Waals surface area contributed by atoms with Gasteiger partial charge in [-0.3, -0.25) is 0 Å². The Morgan fingerprint density at radius 1 is 0.778 bits per heavy atom. The molecule has 0 aliphatic rings. The van der Waals surface area contributed by atoms with Crippen LogP contribution in [0.1, 0.15) is 36.4 Å². The number of nitrogens with zero attached hydrogens (tertiary/aromatic N) is 1. The molecule has 1 atom stereocenters. The fourth-order valence-electron chi connectivity index (χ4n) is 3.40. The lowest BCUT2D eigenvalue weighted by molar-refractivity contribution is 0.279. The third kappa shape index (κ3) is 8.90. The van der Waals surface area contributed by atoms with E-state index in [1.807, 2.05) is 54.6 Å². The number of rotatable bonds is 14. The number of hydrogen-bond acceptors (Lipinski definition) is 5. The number of halogens is 4. The summed E-state index contributed by atoms with van der Waals surface area (Å²) in [5.41, 5.74) is 1.69. The molecule has 0 heterocycles. The summed E-state index contributed by atoms with van der Waals surface area (Å²) in [4.78, 5) is 11.4. The molecule has 0 saturated carbocycles. The van der Waals surface area contributed by atoms with Crippen LogP contribution in [0.5, 0.6) is 17.2 Å². The van der Waals surface area contributed by atoms with Crippen molar-refractivity contribution in [3.63, 3.8) is 0 Å². The average Bonchev–Trinajstić information content (AvgIpc) is 2.86.